The van der Waals surface area contributed by atoms with Crippen molar-refractivity contribution in [2.75, 3.05) is 0 Å². The van der Waals surface area contributed by atoms with E-state index in [0.717, 1.165) is 0 Å². The van der Waals surface area contributed by atoms with Crippen LogP contribution < -0.4 is 0 Å². The summed E-state index contributed by atoms with van der Waals surface area (Å²) in [7, 11) is 0. The second-order valence-corrected chi connectivity index (χ2v) is 4.20. The van der Waals surface area contributed by atoms with Crippen LogP contribution in [0.3, 0.4) is 0 Å². The van der Waals surface area contributed by atoms with Gasteiger partial charge < -0.3 is 0 Å². The highest BCUT2D eigenvalue weighted by atomic mass is 14.3. The Morgan fingerprint density at radius 2 is 1.53 bits per heavy atom. The van der Waals surface area contributed by atoms with Gasteiger partial charge in [0.25, 0.3) is 0 Å². The molecule has 74 valence electrons. The Balaban J connectivity index is 2.05. The number of hydrogen-bond acceptors (Lipinski definition) is 0. The third-order valence-corrected chi connectivity index (χ3v) is 3.33. The third-order valence-electron chi connectivity index (χ3n) is 3.33. The minimum absolute atomic E-state index is 0.627. The molecule has 1 aliphatic carbocycles. The molecule has 2 aromatic rings. The number of hydrogen-bond donors (Lipinski definition) is 0. The van der Waals surface area contributed by atoms with Crippen molar-refractivity contribution in [3.63, 3.8) is 0 Å². The van der Waals surface area contributed by atoms with Gasteiger partial charge in [-0.1, -0.05) is 54.6 Å². The smallest absolute Gasteiger partial charge is 0.00952 e. The summed E-state index contributed by atoms with van der Waals surface area (Å²) < 4.78 is 0. The Kier molecular flexibility index (Phi) is 2.06. The zero-order valence-corrected chi connectivity index (χ0v) is 8.69. The Morgan fingerprint density at radius 3 is 2.40 bits per heavy atom. The maximum atomic E-state index is 2.28. The van der Waals surface area contributed by atoms with Crippen molar-refractivity contribution < 1.29 is 0 Å². The highest BCUT2D eigenvalue weighted by Gasteiger charge is 2.22. The van der Waals surface area contributed by atoms with Crippen molar-refractivity contribution in [1.82, 2.24) is 0 Å². The predicted molar refractivity (Wildman–Crippen MR) is 63.0 cm³/mol. The molecule has 1 atom stereocenters. The second kappa shape index (κ2) is 3.54. The lowest BCUT2D eigenvalue weighted by atomic mass is 9.93. The van der Waals surface area contributed by atoms with Gasteiger partial charge in [0.1, 0.15) is 0 Å². The molecule has 0 saturated carbocycles. The van der Waals surface area contributed by atoms with Crippen molar-refractivity contribution >= 4 is 0 Å². The summed E-state index contributed by atoms with van der Waals surface area (Å²) in [5.74, 6) is 0.627. The average Bonchev–Trinajstić information content (AvgIpc) is 2.74. The summed E-state index contributed by atoms with van der Waals surface area (Å²) in [6.45, 7) is 0. The zero-order chi connectivity index (χ0) is 10.1. The molecule has 0 heteroatoms. The normalized spacial score (nSPS) is 18.8. The van der Waals surface area contributed by atoms with Gasteiger partial charge in [-0.05, 0) is 29.5 Å². The molecule has 1 aliphatic rings. The first kappa shape index (κ1) is 8.72. The van der Waals surface area contributed by atoms with Gasteiger partial charge in [-0.2, -0.15) is 0 Å². The van der Waals surface area contributed by atoms with Crippen LogP contribution in [0.1, 0.15) is 29.0 Å². The summed E-state index contributed by atoms with van der Waals surface area (Å²) in [6, 6.07) is 19.7. The van der Waals surface area contributed by atoms with E-state index >= 15 is 0 Å². The van der Waals surface area contributed by atoms with E-state index in [9.17, 15) is 0 Å². The number of rotatable bonds is 1. The molecule has 3 rings (SSSR count). The second-order valence-electron chi connectivity index (χ2n) is 4.20. The zero-order valence-electron chi connectivity index (χ0n) is 8.69. The van der Waals surface area contributed by atoms with E-state index in [1.807, 2.05) is 0 Å². The summed E-state index contributed by atoms with van der Waals surface area (Å²) in [6.07, 6.45) is 2.50. The Bertz CT molecular complexity index is 456. The van der Waals surface area contributed by atoms with Crippen LogP contribution in [0.5, 0.6) is 0 Å². The molecule has 0 nitrogen and oxygen atoms in total. The quantitative estimate of drug-likeness (QED) is 0.648. The first-order chi connectivity index (χ1) is 7.45. The highest BCUT2D eigenvalue weighted by Crippen LogP contribution is 2.37. The molecule has 0 aliphatic heterocycles. The lowest BCUT2D eigenvalue weighted by Gasteiger charge is -2.11. The molecule has 0 spiro atoms. The van der Waals surface area contributed by atoms with Crippen LogP contribution in [0.25, 0.3) is 0 Å². The van der Waals surface area contributed by atoms with Crippen LogP contribution in [-0.4, -0.2) is 0 Å². The number of benzene rings is 2. The molecule has 0 saturated heterocycles. The molecule has 0 fully saturated rings. The van der Waals surface area contributed by atoms with E-state index < -0.39 is 0 Å². The third kappa shape index (κ3) is 1.46. The molecule has 0 bridgehead atoms. The molecular formula is C15H14. The molecule has 0 aromatic heterocycles. The van der Waals surface area contributed by atoms with Crippen molar-refractivity contribution in [1.29, 1.82) is 0 Å². The molecular weight excluding hydrogens is 180 g/mol. The summed E-state index contributed by atoms with van der Waals surface area (Å²) in [5.41, 5.74) is 4.53. The first-order valence-electron chi connectivity index (χ1n) is 5.58. The predicted octanol–water partition coefficient (Wildman–Crippen LogP) is 3.76. The van der Waals surface area contributed by atoms with Crippen LogP contribution in [0.2, 0.25) is 0 Å². The average molecular weight is 194 g/mol. The van der Waals surface area contributed by atoms with Crippen LogP contribution in [0, 0.1) is 0 Å². The van der Waals surface area contributed by atoms with Gasteiger partial charge in [-0.25, -0.2) is 0 Å². The van der Waals surface area contributed by atoms with Gasteiger partial charge in [0.2, 0.25) is 0 Å². The Labute approximate surface area is 90.6 Å². The van der Waals surface area contributed by atoms with Gasteiger partial charge in [-0.3, -0.25) is 0 Å². The van der Waals surface area contributed by atoms with E-state index in [-0.39, 0.29) is 0 Å². The van der Waals surface area contributed by atoms with Crippen molar-refractivity contribution in [3.8, 4) is 0 Å². The Hall–Kier alpha value is -1.56. The fourth-order valence-corrected chi connectivity index (χ4v) is 2.59. The van der Waals surface area contributed by atoms with Gasteiger partial charge in [0.05, 0.1) is 0 Å². The SMILES string of the molecule is c1ccc(C2CCc3ccccc32)cc1. The fourth-order valence-electron chi connectivity index (χ4n) is 2.59. The van der Waals surface area contributed by atoms with E-state index in [0.29, 0.717) is 5.92 Å². The van der Waals surface area contributed by atoms with Crippen LogP contribution in [0.4, 0.5) is 0 Å². The highest BCUT2D eigenvalue weighted by molar-refractivity contribution is 5.41. The molecule has 2 aromatic carbocycles. The van der Waals surface area contributed by atoms with E-state index in [4.69, 9.17) is 0 Å². The Morgan fingerprint density at radius 1 is 0.800 bits per heavy atom. The van der Waals surface area contributed by atoms with Crippen LogP contribution in [0.15, 0.2) is 54.6 Å². The van der Waals surface area contributed by atoms with E-state index in [1.165, 1.54) is 29.5 Å². The maximum absolute atomic E-state index is 2.28. The molecule has 15 heavy (non-hydrogen) atoms. The largest absolute Gasteiger partial charge is 0.0622 e. The van der Waals surface area contributed by atoms with Gasteiger partial charge in [0.15, 0.2) is 0 Å². The molecule has 0 amide bonds. The minimum atomic E-state index is 0.627. The molecule has 0 heterocycles. The van der Waals surface area contributed by atoms with Crippen LogP contribution >= 0.6 is 0 Å². The molecule has 0 N–H and O–H groups in total. The van der Waals surface area contributed by atoms with E-state index in [1.54, 1.807) is 0 Å². The maximum Gasteiger partial charge on any atom is 0.00952 e. The number of fused-ring (bicyclic) bond motifs is 1. The topological polar surface area (TPSA) is 0 Å². The lowest BCUT2D eigenvalue weighted by Crippen LogP contribution is -1.94. The minimum Gasteiger partial charge on any atom is -0.0622 e. The van der Waals surface area contributed by atoms with Crippen molar-refractivity contribution in [3.05, 3.63) is 71.3 Å². The molecule has 0 radical (unpaired) electrons. The van der Waals surface area contributed by atoms with Crippen molar-refractivity contribution in [2.45, 2.75) is 18.8 Å². The van der Waals surface area contributed by atoms with Crippen molar-refractivity contribution in [2.24, 2.45) is 0 Å². The van der Waals surface area contributed by atoms with Gasteiger partial charge in [0, 0.05) is 5.92 Å². The lowest BCUT2D eigenvalue weighted by molar-refractivity contribution is 0.788. The van der Waals surface area contributed by atoms with E-state index in [2.05, 4.69) is 54.6 Å². The fraction of sp³-hybridized carbons (Fsp3) is 0.200. The monoisotopic (exact) mass is 194 g/mol. The van der Waals surface area contributed by atoms with Gasteiger partial charge >= 0.3 is 0 Å². The number of aryl methyl sites for hydroxylation is 1. The summed E-state index contributed by atoms with van der Waals surface area (Å²) in [4.78, 5) is 0. The first-order valence-corrected chi connectivity index (χ1v) is 5.58. The molecule has 1 unspecified atom stereocenters. The van der Waals surface area contributed by atoms with Crippen LogP contribution in [-0.2, 0) is 6.42 Å². The standard InChI is InChI=1S/C15H14/c1-2-6-12(7-3-1)15-11-10-13-8-4-5-9-14(13)15/h1-9,15H,10-11H2. The summed E-state index contributed by atoms with van der Waals surface area (Å²) >= 11 is 0. The van der Waals surface area contributed by atoms with Gasteiger partial charge in [-0.15, -0.1) is 0 Å². The summed E-state index contributed by atoms with van der Waals surface area (Å²) in [5, 5.41) is 0.